The standard InChI is InChI=1S/C16H19N3O3S/c1-22-9-13(10-6-7-10)17-14(20)8-19-15(21)11-4-2-3-5-12(11)18-16(19)23/h2-5,10,13H,6-9H2,1H3,(H,17,20)(H,18,23)/t13-/m0/s1. The Kier molecular flexibility index (Phi) is 4.58. The molecule has 0 radical (unpaired) electrons. The Labute approximate surface area is 138 Å². The van der Waals surface area contributed by atoms with Gasteiger partial charge in [-0.15, -0.1) is 0 Å². The van der Waals surface area contributed by atoms with E-state index in [0.29, 0.717) is 23.4 Å². The van der Waals surface area contributed by atoms with Crippen molar-refractivity contribution in [2.24, 2.45) is 5.92 Å². The minimum atomic E-state index is -0.255. The summed E-state index contributed by atoms with van der Waals surface area (Å²) in [4.78, 5) is 27.8. The first-order valence-corrected chi connectivity index (χ1v) is 8.01. The second-order valence-electron chi connectivity index (χ2n) is 5.83. The predicted molar refractivity (Wildman–Crippen MR) is 89.9 cm³/mol. The molecule has 0 aliphatic heterocycles. The Bertz CT molecular complexity index is 838. The lowest BCUT2D eigenvalue weighted by Crippen LogP contribution is -2.42. The van der Waals surface area contributed by atoms with E-state index in [1.54, 1.807) is 25.3 Å². The molecule has 0 spiro atoms. The number of hydrogen-bond acceptors (Lipinski definition) is 4. The van der Waals surface area contributed by atoms with Gasteiger partial charge in [0.1, 0.15) is 6.54 Å². The highest BCUT2D eigenvalue weighted by atomic mass is 32.1. The molecule has 7 heteroatoms. The topological polar surface area (TPSA) is 76.1 Å². The lowest BCUT2D eigenvalue weighted by Gasteiger charge is -2.17. The molecule has 1 aliphatic carbocycles. The van der Waals surface area contributed by atoms with Crippen LogP contribution < -0.4 is 10.9 Å². The number of H-pyrrole nitrogens is 1. The van der Waals surface area contributed by atoms with E-state index in [-0.39, 0.29) is 28.8 Å². The predicted octanol–water partition coefficient (Wildman–Crippen LogP) is 1.60. The number of rotatable bonds is 6. The number of hydrogen-bond donors (Lipinski definition) is 2. The molecule has 1 saturated carbocycles. The SMILES string of the molecule is COC[C@H](NC(=O)Cn1c(=S)[nH]c2ccccc2c1=O)C1CC1. The number of benzene rings is 1. The zero-order valence-electron chi connectivity index (χ0n) is 12.9. The van der Waals surface area contributed by atoms with Crippen LogP contribution in [0.15, 0.2) is 29.1 Å². The fourth-order valence-corrected chi connectivity index (χ4v) is 2.97. The zero-order valence-corrected chi connectivity index (χ0v) is 13.7. The van der Waals surface area contributed by atoms with Crippen molar-refractivity contribution in [3.05, 3.63) is 39.4 Å². The summed E-state index contributed by atoms with van der Waals surface area (Å²) in [6.07, 6.45) is 2.20. The van der Waals surface area contributed by atoms with Crippen molar-refractivity contribution in [3.8, 4) is 0 Å². The van der Waals surface area contributed by atoms with E-state index in [4.69, 9.17) is 17.0 Å². The Morgan fingerprint density at radius 3 is 2.91 bits per heavy atom. The Morgan fingerprint density at radius 1 is 1.48 bits per heavy atom. The van der Waals surface area contributed by atoms with Gasteiger partial charge in [-0.2, -0.15) is 0 Å². The lowest BCUT2D eigenvalue weighted by atomic mass is 10.2. The second-order valence-corrected chi connectivity index (χ2v) is 6.22. The number of carbonyl (C=O) groups is 1. The third kappa shape index (κ3) is 3.51. The summed E-state index contributed by atoms with van der Waals surface area (Å²) in [5.74, 6) is 0.248. The van der Waals surface area contributed by atoms with Crippen molar-refractivity contribution in [1.82, 2.24) is 14.9 Å². The minimum Gasteiger partial charge on any atom is -0.383 e. The Morgan fingerprint density at radius 2 is 2.22 bits per heavy atom. The minimum absolute atomic E-state index is 0.00112. The van der Waals surface area contributed by atoms with Crippen molar-refractivity contribution in [3.63, 3.8) is 0 Å². The van der Waals surface area contributed by atoms with Crippen LogP contribution >= 0.6 is 12.2 Å². The summed E-state index contributed by atoms with van der Waals surface area (Å²) in [5, 5.41) is 3.47. The summed E-state index contributed by atoms with van der Waals surface area (Å²) in [6.45, 7) is 0.391. The number of carbonyl (C=O) groups excluding carboxylic acids is 1. The maximum absolute atomic E-state index is 12.5. The fourth-order valence-electron chi connectivity index (χ4n) is 2.71. The largest absolute Gasteiger partial charge is 0.383 e. The highest BCUT2D eigenvalue weighted by molar-refractivity contribution is 7.71. The Balaban J connectivity index is 1.82. The van der Waals surface area contributed by atoms with Crippen LogP contribution in [0.5, 0.6) is 0 Å². The van der Waals surface area contributed by atoms with E-state index in [9.17, 15) is 9.59 Å². The number of aromatic nitrogens is 2. The van der Waals surface area contributed by atoms with Gasteiger partial charge < -0.3 is 15.0 Å². The number of nitrogens with zero attached hydrogens (tertiary/aromatic N) is 1. The normalized spacial score (nSPS) is 15.5. The summed E-state index contributed by atoms with van der Waals surface area (Å²) < 4.78 is 6.70. The van der Waals surface area contributed by atoms with E-state index in [0.717, 1.165) is 12.8 Å². The molecule has 1 fully saturated rings. The molecule has 0 bridgehead atoms. The van der Waals surface area contributed by atoms with Gasteiger partial charge in [0.15, 0.2) is 4.77 Å². The molecule has 0 saturated heterocycles. The van der Waals surface area contributed by atoms with E-state index < -0.39 is 0 Å². The monoisotopic (exact) mass is 333 g/mol. The first kappa shape index (κ1) is 15.9. The van der Waals surface area contributed by atoms with Crippen LogP contribution in [0.2, 0.25) is 0 Å². The Hall–Kier alpha value is -1.99. The first-order chi connectivity index (χ1) is 11.1. The van der Waals surface area contributed by atoms with Crippen molar-refractivity contribution in [2.45, 2.75) is 25.4 Å². The maximum atomic E-state index is 12.5. The number of para-hydroxylation sites is 1. The van der Waals surface area contributed by atoms with Crippen LogP contribution in [-0.4, -0.2) is 35.2 Å². The van der Waals surface area contributed by atoms with Gasteiger partial charge in [-0.1, -0.05) is 12.1 Å². The average Bonchev–Trinajstić information content (AvgIpc) is 3.36. The molecule has 1 aliphatic rings. The van der Waals surface area contributed by atoms with Crippen molar-refractivity contribution in [2.75, 3.05) is 13.7 Å². The maximum Gasteiger partial charge on any atom is 0.262 e. The van der Waals surface area contributed by atoms with E-state index in [1.165, 1.54) is 4.57 Å². The van der Waals surface area contributed by atoms with Crippen molar-refractivity contribution >= 4 is 29.0 Å². The van der Waals surface area contributed by atoms with Crippen LogP contribution in [0.25, 0.3) is 10.9 Å². The van der Waals surface area contributed by atoms with Crippen molar-refractivity contribution < 1.29 is 9.53 Å². The van der Waals surface area contributed by atoms with Gasteiger partial charge in [0.25, 0.3) is 5.56 Å². The van der Waals surface area contributed by atoms with Crippen LogP contribution in [0, 0.1) is 10.7 Å². The summed E-state index contributed by atoms with van der Waals surface area (Å²) >= 11 is 5.22. The second kappa shape index (κ2) is 6.64. The number of methoxy groups -OCH3 is 1. The van der Waals surface area contributed by atoms with E-state index in [2.05, 4.69) is 10.3 Å². The number of amides is 1. The molecule has 1 aromatic heterocycles. The number of aromatic amines is 1. The van der Waals surface area contributed by atoms with E-state index >= 15 is 0 Å². The molecular weight excluding hydrogens is 314 g/mol. The number of fused-ring (bicyclic) bond motifs is 1. The molecular formula is C16H19N3O3S. The smallest absolute Gasteiger partial charge is 0.262 e. The molecule has 1 aromatic carbocycles. The highest BCUT2D eigenvalue weighted by Gasteiger charge is 2.32. The summed E-state index contributed by atoms with van der Waals surface area (Å²) in [5.41, 5.74) is 0.420. The van der Waals surface area contributed by atoms with Gasteiger partial charge in [-0.3, -0.25) is 14.2 Å². The first-order valence-electron chi connectivity index (χ1n) is 7.60. The summed E-state index contributed by atoms with van der Waals surface area (Å²) in [7, 11) is 1.62. The molecule has 1 amide bonds. The molecule has 122 valence electrons. The molecule has 23 heavy (non-hydrogen) atoms. The third-order valence-corrected chi connectivity index (χ3v) is 4.40. The number of nitrogens with one attached hydrogen (secondary N) is 2. The fraction of sp³-hybridized carbons (Fsp3) is 0.438. The van der Waals surface area contributed by atoms with Gasteiger partial charge in [0.2, 0.25) is 5.91 Å². The molecule has 0 unspecified atom stereocenters. The highest BCUT2D eigenvalue weighted by Crippen LogP contribution is 2.32. The van der Waals surface area contributed by atoms with Gasteiger partial charge in [0, 0.05) is 7.11 Å². The lowest BCUT2D eigenvalue weighted by molar-refractivity contribution is -0.123. The average molecular weight is 333 g/mol. The van der Waals surface area contributed by atoms with Crippen LogP contribution in [-0.2, 0) is 16.1 Å². The van der Waals surface area contributed by atoms with Crippen molar-refractivity contribution in [1.29, 1.82) is 0 Å². The molecule has 1 heterocycles. The number of ether oxygens (including phenoxy) is 1. The van der Waals surface area contributed by atoms with Gasteiger partial charge in [-0.25, -0.2) is 0 Å². The molecule has 2 N–H and O–H groups in total. The molecule has 3 rings (SSSR count). The third-order valence-electron chi connectivity index (χ3n) is 4.07. The summed E-state index contributed by atoms with van der Waals surface area (Å²) in [6, 6.07) is 7.12. The molecule has 2 aromatic rings. The van der Waals surface area contributed by atoms with Crippen LogP contribution in [0.3, 0.4) is 0 Å². The van der Waals surface area contributed by atoms with Gasteiger partial charge in [0.05, 0.1) is 23.6 Å². The van der Waals surface area contributed by atoms with Gasteiger partial charge in [-0.05, 0) is 43.1 Å². The van der Waals surface area contributed by atoms with Crippen LogP contribution in [0.4, 0.5) is 0 Å². The molecule has 1 atom stereocenters. The van der Waals surface area contributed by atoms with Crippen LogP contribution in [0.1, 0.15) is 12.8 Å². The van der Waals surface area contributed by atoms with Gasteiger partial charge >= 0.3 is 0 Å². The zero-order chi connectivity index (χ0) is 16.4. The quantitative estimate of drug-likeness (QED) is 0.787. The van der Waals surface area contributed by atoms with E-state index in [1.807, 2.05) is 6.07 Å². The molecule has 6 nitrogen and oxygen atoms in total.